The average Bonchev–Trinajstić information content (AvgIpc) is 3.12. The van der Waals surface area contributed by atoms with Crippen molar-refractivity contribution >= 4 is 26.8 Å². The molecule has 6 nitrogen and oxygen atoms in total. The highest BCUT2D eigenvalue weighted by Gasteiger charge is 2.29. The van der Waals surface area contributed by atoms with Crippen LogP contribution < -0.4 is 5.32 Å². The van der Waals surface area contributed by atoms with Crippen LogP contribution >= 0.6 is 0 Å². The average molecular weight is 369 g/mol. The Bertz CT molecular complexity index is 1090. The maximum absolute atomic E-state index is 12.5. The van der Waals surface area contributed by atoms with Crippen LogP contribution in [-0.2, 0) is 9.84 Å². The summed E-state index contributed by atoms with van der Waals surface area (Å²) >= 11 is 0. The summed E-state index contributed by atoms with van der Waals surface area (Å²) in [7, 11) is -3.02. The van der Waals surface area contributed by atoms with Crippen LogP contribution in [-0.4, -0.2) is 41.4 Å². The van der Waals surface area contributed by atoms with E-state index in [4.69, 9.17) is 0 Å². The van der Waals surface area contributed by atoms with E-state index in [1.54, 1.807) is 12.1 Å². The monoisotopic (exact) mass is 369 g/mol. The largest absolute Gasteiger partial charge is 0.348 e. The molecule has 0 spiro atoms. The van der Waals surface area contributed by atoms with E-state index in [1.165, 1.54) is 0 Å². The Kier molecular flexibility index (Phi) is 4.03. The first kappa shape index (κ1) is 16.8. The second-order valence-corrected chi connectivity index (χ2v) is 8.84. The van der Waals surface area contributed by atoms with Crippen molar-refractivity contribution < 1.29 is 13.2 Å². The fourth-order valence-corrected chi connectivity index (χ4v) is 5.10. The summed E-state index contributed by atoms with van der Waals surface area (Å²) in [5, 5.41) is 2.82. The van der Waals surface area contributed by atoms with Crippen LogP contribution in [0.5, 0.6) is 0 Å². The van der Waals surface area contributed by atoms with Crippen molar-refractivity contribution in [1.82, 2.24) is 14.9 Å². The van der Waals surface area contributed by atoms with Gasteiger partial charge in [0.05, 0.1) is 22.5 Å². The first-order valence-corrected chi connectivity index (χ1v) is 10.3. The first-order chi connectivity index (χ1) is 12.4. The van der Waals surface area contributed by atoms with Gasteiger partial charge in [0.15, 0.2) is 9.84 Å². The lowest BCUT2D eigenvalue weighted by atomic mass is 10.1. The number of imidazole rings is 1. The predicted octanol–water partition coefficient (Wildman–Crippen LogP) is 2.25. The summed E-state index contributed by atoms with van der Waals surface area (Å²) in [6.45, 7) is 1.93. The predicted molar refractivity (Wildman–Crippen MR) is 100 cm³/mol. The molecule has 2 aromatic carbocycles. The summed E-state index contributed by atoms with van der Waals surface area (Å²) in [5.41, 5.74) is 3.16. The van der Waals surface area contributed by atoms with Gasteiger partial charge in [0, 0.05) is 17.3 Å². The van der Waals surface area contributed by atoms with E-state index >= 15 is 0 Å². The third kappa shape index (κ3) is 3.10. The molecule has 7 heteroatoms. The van der Waals surface area contributed by atoms with Crippen molar-refractivity contribution in [3.8, 4) is 5.69 Å². The van der Waals surface area contributed by atoms with Crippen molar-refractivity contribution in [2.75, 3.05) is 11.5 Å². The zero-order valence-corrected chi connectivity index (χ0v) is 15.2. The Balaban J connectivity index is 1.63. The molecule has 134 valence electrons. The van der Waals surface area contributed by atoms with Gasteiger partial charge in [0.2, 0.25) is 0 Å². The van der Waals surface area contributed by atoms with Gasteiger partial charge in [-0.05, 0) is 43.7 Å². The number of benzene rings is 2. The number of para-hydroxylation sites is 1. The third-order valence-electron chi connectivity index (χ3n) is 4.67. The van der Waals surface area contributed by atoms with Gasteiger partial charge in [-0.2, -0.15) is 0 Å². The number of hydrogen-bond acceptors (Lipinski definition) is 4. The number of amides is 1. The number of hydrogen-bond donors (Lipinski definition) is 1. The quantitative estimate of drug-likeness (QED) is 0.768. The van der Waals surface area contributed by atoms with Crippen molar-refractivity contribution in [2.24, 2.45) is 0 Å². The Hall–Kier alpha value is -2.67. The molecule has 4 rings (SSSR count). The Morgan fingerprint density at radius 3 is 2.65 bits per heavy atom. The molecule has 2 heterocycles. The summed E-state index contributed by atoms with van der Waals surface area (Å²) < 4.78 is 25.1. The van der Waals surface area contributed by atoms with Gasteiger partial charge in [-0.3, -0.25) is 9.36 Å². The number of aromatic nitrogens is 2. The summed E-state index contributed by atoms with van der Waals surface area (Å²) in [6, 6.07) is 15.0. The molecule has 1 aliphatic rings. The summed E-state index contributed by atoms with van der Waals surface area (Å²) in [4.78, 5) is 17.1. The number of fused-ring (bicyclic) bond motifs is 1. The maximum atomic E-state index is 12.5. The van der Waals surface area contributed by atoms with E-state index < -0.39 is 9.84 Å². The number of nitrogens with one attached hydrogen (secondary N) is 1. The molecule has 0 bridgehead atoms. The molecule has 26 heavy (non-hydrogen) atoms. The summed E-state index contributed by atoms with van der Waals surface area (Å²) in [6.07, 6.45) is 0.470. The minimum absolute atomic E-state index is 0.0166. The number of rotatable bonds is 3. The number of sulfone groups is 1. The highest BCUT2D eigenvalue weighted by atomic mass is 32.2. The minimum Gasteiger partial charge on any atom is -0.348 e. The second-order valence-electron chi connectivity index (χ2n) is 6.61. The lowest BCUT2D eigenvalue weighted by Gasteiger charge is -2.11. The van der Waals surface area contributed by atoms with Gasteiger partial charge in [0.25, 0.3) is 5.91 Å². The van der Waals surface area contributed by atoms with Gasteiger partial charge >= 0.3 is 0 Å². The Morgan fingerprint density at radius 1 is 1.19 bits per heavy atom. The highest BCUT2D eigenvalue weighted by Crippen LogP contribution is 2.22. The zero-order valence-electron chi connectivity index (χ0n) is 14.3. The van der Waals surface area contributed by atoms with Crippen LogP contribution in [0, 0.1) is 6.92 Å². The van der Waals surface area contributed by atoms with Crippen molar-refractivity contribution in [2.45, 2.75) is 19.4 Å². The molecule has 1 amide bonds. The molecule has 1 saturated heterocycles. The molecule has 1 atom stereocenters. The Morgan fingerprint density at radius 2 is 1.96 bits per heavy atom. The molecule has 3 aromatic rings. The van der Waals surface area contributed by atoms with Crippen LogP contribution in [0.4, 0.5) is 0 Å². The van der Waals surface area contributed by atoms with E-state index in [9.17, 15) is 13.2 Å². The fourth-order valence-electron chi connectivity index (χ4n) is 3.42. The highest BCUT2D eigenvalue weighted by molar-refractivity contribution is 7.91. The second kappa shape index (κ2) is 6.25. The molecule has 0 aliphatic carbocycles. The van der Waals surface area contributed by atoms with Gasteiger partial charge in [-0.1, -0.05) is 18.2 Å². The van der Waals surface area contributed by atoms with Crippen LogP contribution in [0.25, 0.3) is 16.7 Å². The summed E-state index contributed by atoms with van der Waals surface area (Å²) in [5.74, 6) is 0.729. The van der Waals surface area contributed by atoms with Crippen molar-refractivity contribution in [3.63, 3.8) is 0 Å². The topological polar surface area (TPSA) is 81.1 Å². The normalized spacial score (nSPS) is 18.9. The van der Waals surface area contributed by atoms with E-state index in [2.05, 4.69) is 10.3 Å². The van der Waals surface area contributed by atoms with Crippen LogP contribution in [0.2, 0.25) is 0 Å². The smallest absolute Gasteiger partial charge is 0.251 e. The molecule has 1 N–H and O–H groups in total. The van der Waals surface area contributed by atoms with E-state index in [-0.39, 0.29) is 23.5 Å². The van der Waals surface area contributed by atoms with Crippen LogP contribution in [0.1, 0.15) is 22.6 Å². The third-order valence-corrected chi connectivity index (χ3v) is 6.43. The first-order valence-electron chi connectivity index (χ1n) is 8.49. The molecule has 1 fully saturated rings. The molecule has 0 saturated carbocycles. The Labute approximate surface area is 151 Å². The SMILES string of the molecule is Cc1nc2cc(C(=O)N[C@@H]3CCS(=O)(=O)C3)ccc2n1-c1ccccc1. The lowest BCUT2D eigenvalue weighted by molar-refractivity contribution is 0.0941. The minimum atomic E-state index is -3.02. The number of aryl methyl sites for hydroxylation is 1. The van der Waals surface area contributed by atoms with Gasteiger partial charge in [0.1, 0.15) is 5.82 Å². The fraction of sp³-hybridized carbons (Fsp3) is 0.263. The number of carbonyl (C=O) groups excluding carboxylic acids is 1. The van der Waals surface area contributed by atoms with Crippen molar-refractivity contribution in [1.29, 1.82) is 0 Å². The van der Waals surface area contributed by atoms with Crippen LogP contribution in [0.15, 0.2) is 48.5 Å². The standard InChI is InChI=1S/C19H19N3O3S/c1-13-20-17-11-14(19(23)21-15-9-10-26(24,25)12-15)7-8-18(17)22(13)16-5-3-2-4-6-16/h2-8,11,15H,9-10,12H2,1H3,(H,21,23)/t15-/m1/s1. The van der Waals surface area contributed by atoms with E-state index in [1.807, 2.05) is 47.9 Å². The van der Waals surface area contributed by atoms with Crippen molar-refractivity contribution in [3.05, 3.63) is 59.9 Å². The molecule has 0 unspecified atom stereocenters. The zero-order chi connectivity index (χ0) is 18.3. The molecule has 1 aliphatic heterocycles. The number of carbonyl (C=O) groups is 1. The molecular formula is C19H19N3O3S. The van der Waals surface area contributed by atoms with E-state index in [0.29, 0.717) is 12.0 Å². The molecule has 0 radical (unpaired) electrons. The van der Waals surface area contributed by atoms with Gasteiger partial charge < -0.3 is 5.32 Å². The van der Waals surface area contributed by atoms with Crippen LogP contribution in [0.3, 0.4) is 0 Å². The van der Waals surface area contributed by atoms with E-state index in [0.717, 1.165) is 22.5 Å². The van der Waals surface area contributed by atoms with Gasteiger partial charge in [-0.15, -0.1) is 0 Å². The maximum Gasteiger partial charge on any atom is 0.251 e. The molecule has 1 aromatic heterocycles. The lowest BCUT2D eigenvalue weighted by Crippen LogP contribution is -2.35. The van der Waals surface area contributed by atoms with Gasteiger partial charge in [-0.25, -0.2) is 13.4 Å². The molecular weight excluding hydrogens is 350 g/mol. The number of nitrogens with zero attached hydrogens (tertiary/aromatic N) is 2.